The fourth-order valence-electron chi connectivity index (χ4n) is 11.0. The van der Waals surface area contributed by atoms with E-state index in [1.165, 1.54) is 40.2 Å². The molecule has 1 spiro atoms. The predicted octanol–water partition coefficient (Wildman–Crippen LogP) is 4.23. The van der Waals surface area contributed by atoms with E-state index in [9.17, 15) is 24.0 Å². The average Bonchev–Trinajstić information content (AvgIpc) is 3.50. The van der Waals surface area contributed by atoms with E-state index in [2.05, 4.69) is 0 Å². The molecule has 0 amide bonds. The van der Waals surface area contributed by atoms with Crippen LogP contribution in [0.2, 0.25) is 0 Å². The summed E-state index contributed by atoms with van der Waals surface area (Å²) in [4.78, 5) is 64.5. The zero-order valence-corrected chi connectivity index (χ0v) is 27.9. The Labute approximate surface area is 268 Å². The maximum absolute atomic E-state index is 13.7. The Bertz CT molecular complexity index is 1470. The zero-order chi connectivity index (χ0) is 33.8. The molecule has 5 fully saturated rings. The second kappa shape index (κ2) is 10.3. The van der Waals surface area contributed by atoms with Crippen molar-refractivity contribution in [3.8, 4) is 0 Å². The number of furan rings is 1. The molecule has 1 aromatic heterocycles. The monoisotopic (exact) mass is 644 g/mol. The first-order valence-electron chi connectivity index (χ1n) is 15.9. The van der Waals surface area contributed by atoms with Crippen LogP contribution in [-0.4, -0.2) is 66.0 Å². The van der Waals surface area contributed by atoms with Crippen LogP contribution < -0.4 is 0 Å². The Morgan fingerprint density at radius 2 is 1.37 bits per heavy atom. The second-order valence-corrected chi connectivity index (χ2v) is 15.1. The van der Waals surface area contributed by atoms with Gasteiger partial charge in [-0.2, -0.15) is 0 Å². The van der Waals surface area contributed by atoms with E-state index in [1.807, 2.05) is 34.6 Å². The number of hydrogen-bond acceptors (Lipinski definition) is 12. The number of ether oxygens (including phenoxy) is 6. The summed E-state index contributed by atoms with van der Waals surface area (Å²) in [6, 6.07) is 1.73. The van der Waals surface area contributed by atoms with Gasteiger partial charge in [0.05, 0.1) is 12.5 Å². The molecule has 6 rings (SSSR count). The first kappa shape index (κ1) is 32.5. The van der Waals surface area contributed by atoms with E-state index < -0.39 is 99.6 Å². The third-order valence-electron chi connectivity index (χ3n) is 12.4. The van der Waals surface area contributed by atoms with Crippen molar-refractivity contribution in [2.75, 3.05) is 0 Å². The zero-order valence-electron chi connectivity index (χ0n) is 27.9. The van der Waals surface area contributed by atoms with Gasteiger partial charge in [-0.15, -0.1) is 0 Å². The number of fused-ring (bicyclic) bond motifs is 3. The van der Waals surface area contributed by atoms with Crippen LogP contribution in [0.15, 0.2) is 23.0 Å². The summed E-state index contributed by atoms with van der Waals surface area (Å²) in [5.74, 6) is -3.59. The van der Waals surface area contributed by atoms with Gasteiger partial charge in [0.2, 0.25) is 0 Å². The first-order valence-corrected chi connectivity index (χ1v) is 15.9. The van der Waals surface area contributed by atoms with E-state index in [4.69, 9.17) is 32.8 Å². The highest BCUT2D eigenvalue weighted by atomic mass is 16.7. The van der Waals surface area contributed by atoms with E-state index in [-0.39, 0.29) is 25.2 Å². The summed E-state index contributed by atoms with van der Waals surface area (Å²) in [7, 11) is 0. The third-order valence-corrected chi connectivity index (χ3v) is 12.4. The molecule has 0 N–H and O–H groups in total. The van der Waals surface area contributed by atoms with Crippen LogP contribution >= 0.6 is 0 Å². The van der Waals surface area contributed by atoms with Crippen LogP contribution in [0.1, 0.15) is 93.2 Å². The van der Waals surface area contributed by atoms with Crippen molar-refractivity contribution < 1.29 is 56.8 Å². The molecule has 3 unspecified atom stereocenters. The van der Waals surface area contributed by atoms with Gasteiger partial charge in [0.1, 0.15) is 36.1 Å². The lowest BCUT2D eigenvalue weighted by Gasteiger charge is -2.72. The number of rotatable bonds is 5. The first-order chi connectivity index (χ1) is 21.3. The van der Waals surface area contributed by atoms with Crippen molar-refractivity contribution in [3.05, 3.63) is 24.2 Å². The number of cyclic esters (lactones) is 1. The molecule has 46 heavy (non-hydrogen) atoms. The minimum absolute atomic E-state index is 0.199. The molecule has 3 heterocycles. The lowest BCUT2D eigenvalue weighted by Crippen LogP contribution is -2.78. The molecule has 12 nitrogen and oxygen atoms in total. The van der Waals surface area contributed by atoms with Crippen LogP contribution in [0.3, 0.4) is 0 Å². The highest BCUT2D eigenvalue weighted by Crippen LogP contribution is 2.81. The summed E-state index contributed by atoms with van der Waals surface area (Å²) in [6.45, 7) is 15.3. The molecule has 12 atom stereocenters. The fourth-order valence-corrected chi connectivity index (χ4v) is 11.0. The number of carbonyl (C=O) groups excluding carboxylic acids is 5. The van der Waals surface area contributed by atoms with Crippen molar-refractivity contribution in [1.82, 2.24) is 0 Å². The lowest BCUT2D eigenvalue weighted by molar-refractivity contribution is -0.320. The standard InChI is InChI=1S/C34H44O12/c1-16(35)41-21-14-31(7)27(20-10-11-40-15-20)45-29(39)28-34(31,46-28)33(9)25(44-19(4)38)12-22-30(5,6)23(42-17(2)36)13-24(43-18(3)37)32(22,8)26(21)33/h10-11,15,21-28H,12-14H2,1-9H3/t21?,22?,23-,24+,25-,26?,27+,28-,31+,32-,33-,34-/m1/s1. The smallest absolute Gasteiger partial charge is 0.339 e. The van der Waals surface area contributed by atoms with Gasteiger partial charge in [-0.25, -0.2) is 4.79 Å². The Morgan fingerprint density at radius 3 is 1.93 bits per heavy atom. The van der Waals surface area contributed by atoms with Gasteiger partial charge >= 0.3 is 29.8 Å². The molecule has 3 saturated carbocycles. The van der Waals surface area contributed by atoms with Crippen LogP contribution in [0.4, 0.5) is 0 Å². The molecule has 3 aliphatic carbocycles. The van der Waals surface area contributed by atoms with Crippen molar-refractivity contribution >= 4 is 29.8 Å². The second-order valence-electron chi connectivity index (χ2n) is 15.1. The quantitative estimate of drug-likeness (QED) is 0.256. The SMILES string of the molecule is CC(=O)OC1C[C@@]2(C)[C@H](c3ccoc3)OC(=O)[C@H]3O[C@]32[C@@]2(C)C1[C@]1(C)C(C[C@H]2OC(C)=O)C(C)(C)[C@H](OC(C)=O)C[C@@H]1OC(C)=O. The van der Waals surface area contributed by atoms with Gasteiger partial charge in [0.15, 0.2) is 6.10 Å². The van der Waals surface area contributed by atoms with Crippen molar-refractivity contribution in [2.45, 2.75) is 124 Å². The van der Waals surface area contributed by atoms with Crippen molar-refractivity contribution in [2.24, 2.45) is 33.5 Å². The molecule has 0 bridgehead atoms. The van der Waals surface area contributed by atoms with E-state index in [0.717, 1.165) is 0 Å². The Balaban J connectivity index is 1.62. The number of esters is 5. The largest absolute Gasteiger partial charge is 0.472 e. The fraction of sp³-hybridized carbons (Fsp3) is 0.735. The summed E-state index contributed by atoms with van der Waals surface area (Å²) < 4.78 is 42.5. The van der Waals surface area contributed by atoms with Crippen molar-refractivity contribution in [3.63, 3.8) is 0 Å². The lowest BCUT2D eigenvalue weighted by atomic mass is 9.33. The van der Waals surface area contributed by atoms with Crippen LogP contribution in [-0.2, 0) is 52.4 Å². The molecule has 252 valence electrons. The minimum Gasteiger partial charge on any atom is -0.472 e. The Kier molecular flexibility index (Phi) is 7.28. The maximum Gasteiger partial charge on any atom is 0.339 e. The number of epoxide rings is 1. The maximum atomic E-state index is 13.7. The highest BCUT2D eigenvalue weighted by molar-refractivity contribution is 5.82. The molecule has 2 aliphatic heterocycles. The number of carbonyl (C=O) groups is 5. The van der Waals surface area contributed by atoms with Crippen LogP contribution in [0, 0.1) is 33.5 Å². The van der Waals surface area contributed by atoms with Crippen molar-refractivity contribution in [1.29, 1.82) is 0 Å². The average molecular weight is 645 g/mol. The van der Waals surface area contributed by atoms with E-state index >= 15 is 0 Å². The molecule has 1 aromatic rings. The Hall–Kier alpha value is -3.41. The summed E-state index contributed by atoms with van der Waals surface area (Å²) in [6.07, 6.45) is -1.13. The molecule has 5 aliphatic rings. The molecular weight excluding hydrogens is 600 g/mol. The molecular formula is C34H44O12. The molecule has 0 aromatic carbocycles. The van der Waals surface area contributed by atoms with Gasteiger partial charge in [0.25, 0.3) is 0 Å². The molecule has 2 saturated heterocycles. The van der Waals surface area contributed by atoms with Gasteiger partial charge in [0, 0.05) is 67.3 Å². The Morgan fingerprint density at radius 1 is 0.783 bits per heavy atom. The molecule has 12 heteroatoms. The molecule has 0 radical (unpaired) electrons. The topological polar surface area (TPSA) is 157 Å². The van der Waals surface area contributed by atoms with E-state index in [1.54, 1.807) is 6.07 Å². The van der Waals surface area contributed by atoms with Crippen LogP contribution in [0.5, 0.6) is 0 Å². The summed E-state index contributed by atoms with van der Waals surface area (Å²) in [5, 5.41) is 0. The predicted molar refractivity (Wildman–Crippen MR) is 156 cm³/mol. The third kappa shape index (κ3) is 4.17. The van der Waals surface area contributed by atoms with Gasteiger partial charge in [-0.3, -0.25) is 19.2 Å². The van der Waals surface area contributed by atoms with E-state index in [0.29, 0.717) is 5.56 Å². The van der Waals surface area contributed by atoms with Gasteiger partial charge in [-0.05, 0) is 24.8 Å². The number of hydrogen-bond donors (Lipinski definition) is 0. The van der Waals surface area contributed by atoms with Gasteiger partial charge in [-0.1, -0.05) is 34.6 Å². The van der Waals surface area contributed by atoms with Crippen LogP contribution in [0.25, 0.3) is 0 Å². The highest BCUT2D eigenvalue weighted by Gasteiger charge is 2.91. The normalized spacial score (nSPS) is 44.9. The minimum atomic E-state index is -1.22. The summed E-state index contributed by atoms with van der Waals surface area (Å²) >= 11 is 0. The van der Waals surface area contributed by atoms with Gasteiger partial charge < -0.3 is 32.8 Å². The summed E-state index contributed by atoms with van der Waals surface area (Å²) in [5.41, 5.74) is -4.36.